The summed E-state index contributed by atoms with van der Waals surface area (Å²) in [5.74, 6) is -5.68. The number of halogens is 4. The lowest BCUT2D eigenvalue weighted by atomic mass is 10.2. The highest BCUT2D eigenvalue weighted by Crippen LogP contribution is 2.31. The fourth-order valence-electron chi connectivity index (χ4n) is 0.735. The fourth-order valence-corrected chi connectivity index (χ4v) is 0.901. The molecule has 1 N–H and O–H groups in total. The van der Waals surface area contributed by atoms with E-state index in [0.29, 0.717) is 0 Å². The van der Waals surface area contributed by atoms with Gasteiger partial charge in [0.25, 0.3) is 0 Å². The van der Waals surface area contributed by atoms with Crippen molar-refractivity contribution in [1.29, 1.82) is 0 Å². The first-order chi connectivity index (χ1) is 5.46. The molecule has 1 aromatic rings. The molecule has 5 heteroatoms. The van der Waals surface area contributed by atoms with Gasteiger partial charge in [-0.1, -0.05) is 11.6 Å². The number of benzene rings is 1. The van der Waals surface area contributed by atoms with Gasteiger partial charge < -0.3 is 5.11 Å². The van der Waals surface area contributed by atoms with Crippen LogP contribution in [0.4, 0.5) is 13.2 Å². The Morgan fingerprint density at radius 1 is 1.08 bits per heavy atom. The zero-order valence-corrected chi connectivity index (χ0v) is 6.72. The molecule has 0 heterocycles. The second-order valence-electron chi connectivity index (χ2n) is 2.23. The van der Waals surface area contributed by atoms with Crippen LogP contribution in [0.5, 0.6) is 5.75 Å². The first kappa shape index (κ1) is 9.19. The summed E-state index contributed by atoms with van der Waals surface area (Å²) in [4.78, 5) is 0. The molecule has 0 amide bonds. The SMILES string of the molecule is Cc1c(F)c(O)c(F)c(F)c1Cl. The summed E-state index contributed by atoms with van der Waals surface area (Å²) in [6.45, 7) is 1.14. The normalized spacial score (nSPS) is 10.4. The van der Waals surface area contributed by atoms with E-state index in [9.17, 15) is 13.2 Å². The van der Waals surface area contributed by atoms with Crippen molar-refractivity contribution in [3.63, 3.8) is 0 Å². The van der Waals surface area contributed by atoms with Crippen molar-refractivity contribution in [3.05, 3.63) is 28.0 Å². The third kappa shape index (κ3) is 1.12. The van der Waals surface area contributed by atoms with Crippen molar-refractivity contribution < 1.29 is 18.3 Å². The summed E-state index contributed by atoms with van der Waals surface area (Å²) in [6, 6.07) is 0. The summed E-state index contributed by atoms with van der Waals surface area (Å²) in [5, 5.41) is 7.99. The summed E-state index contributed by atoms with van der Waals surface area (Å²) < 4.78 is 37.8. The van der Waals surface area contributed by atoms with E-state index in [1.54, 1.807) is 0 Å². The Kier molecular flexibility index (Phi) is 2.19. The molecule has 0 radical (unpaired) electrons. The van der Waals surface area contributed by atoms with Gasteiger partial charge >= 0.3 is 0 Å². The van der Waals surface area contributed by atoms with Gasteiger partial charge in [-0.15, -0.1) is 0 Å². The number of phenolic OH excluding ortho intramolecular Hbond substituents is 1. The Bertz CT molecular complexity index is 233. The molecule has 0 fully saturated rings. The van der Waals surface area contributed by atoms with Gasteiger partial charge in [0.1, 0.15) is 0 Å². The van der Waals surface area contributed by atoms with Crippen molar-refractivity contribution in [2.45, 2.75) is 6.92 Å². The summed E-state index contributed by atoms with van der Waals surface area (Å²) in [7, 11) is 0. The van der Waals surface area contributed by atoms with E-state index < -0.39 is 28.2 Å². The molecule has 1 rings (SSSR count). The first-order valence-electron chi connectivity index (χ1n) is 2.98. The van der Waals surface area contributed by atoms with E-state index in [-0.39, 0.29) is 5.56 Å². The number of aromatic hydroxyl groups is 1. The van der Waals surface area contributed by atoms with E-state index in [0.717, 1.165) is 6.92 Å². The molecule has 0 saturated heterocycles. The van der Waals surface area contributed by atoms with Gasteiger partial charge in [0.15, 0.2) is 17.4 Å². The minimum atomic E-state index is -1.66. The quantitative estimate of drug-likeness (QED) is 0.500. The first-order valence-corrected chi connectivity index (χ1v) is 3.36. The molecule has 0 saturated carbocycles. The molecule has 66 valence electrons. The minimum Gasteiger partial charge on any atom is -0.503 e. The minimum absolute atomic E-state index is 0.312. The molecule has 12 heavy (non-hydrogen) atoms. The average Bonchev–Trinajstić information content (AvgIpc) is 2.08. The van der Waals surface area contributed by atoms with Gasteiger partial charge in [0.05, 0.1) is 5.02 Å². The standard InChI is InChI=1S/C7H4ClF3O/c1-2-3(8)5(10)6(11)7(12)4(2)9/h12H,1H3. The Hall–Kier alpha value is -0.900. The predicted octanol–water partition coefficient (Wildman–Crippen LogP) is 2.77. The topological polar surface area (TPSA) is 20.2 Å². The summed E-state index contributed by atoms with van der Waals surface area (Å²) in [6.07, 6.45) is 0. The van der Waals surface area contributed by atoms with Gasteiger partial charge in [-0.3, -0.25) is 0 Å². The van der Waals surface area contributed by atoms with Crippen LogP contribution in [-0.4, -0.2) is 5.11 Å². The van der Waals surface area contributed by atoms with Crippen LogP contribution in [0.15, 0.2) is 0 Å². The third-order valence-corrected chi connectivity index (χ3v) is 1.91. The highest BCUT2D eigenvalue weighted by atomic mass is 35.5. The maximum absolute atomic E-state index is 12.7. The highest BCUT2D eigenvalue weighted by Gasteiger charge is 2.20. The lowest BCUT2D eigenvalue weighted by molar-refractivity contribution is 0.374. The van der Waals surface area contributed by atoms with Crippen LogP contribution in [0.25, 0.3) is 0 Å². The Labute approximate surface area is 71.4 Å². The molecule has 0 aliphatic carbocycles. The number of hydrogen-bond donors (Lipinski definition) is 1. The zero-order chi connectivity index (χ0) is 9.46. The second-order valence-corrected chi connectivity index (χ2v) is 2.61. The molecule has 0 aliphatic rings. The molecule has 0 unspecified atom stereocenters. The Balaban J connectivity index is 3.60. The monoisotopic (exact) mass is 196 g/mol. The van der Waals surface area contributed by atoms with E-state index in [1.165, 1.54) is 0 Å². The van der Waals surface area contributed by atoms with Gasteiger partial charge in [-0.2, -0.15) is 4.39 Å². The third-order valence-electron chi connectivity index (χ3n) is 1.46. The van der Waals surface area contributed by atoms with Crippen LogP contribution < -0.4 is 0 Å². The smallest absolute Gasteiger partial charge is 0.205 e. The van der Waals surface area contributed by atoms with Crippen LogP contribution in [0.2, 0.25) is 5.02 Å². The molecule has 1 nitrogen and oxygen atoms in total. The van der Waals surface area contributed by atoms with Gasteiger partial charge in [-0.05, 0) is 6.92 Å². The van der Waals surface area contributed by atoms with Crippen molar-refractivity contribution in [2.75, 3.05) is 0 Å². The molecule has 0 aliphatic heterocycles. The van der Waals surface area contributed by atoms with Crippen LogP contribution >= 0.6 is 11.6 Å². The molecular formula is C7H4ClF3O. The Morgan fingerprint density at radius 2 is 1.58 bits per heavy atom. The highest BCUT2D eigenvalue weighted by molar-refractivity contribution is 6.31. The van der Waals surface area contributed by atoms with E-state index in [4.69, 9.17) is 16.7 Å². The lowest BCUT2D eigenvalue weighted by Gasteiger charge is -2.04. The van der Waals surface area contributed by atoms with Crippen molar-refractivity contribution >= 4 is 11.6 Å². The van der Waals surface area contributed by atoms with Crippen LogP contribution in [-0.2, 0) is 0 Å². The van der Waals surface area contributed by atoms with Crippen molar-refractivity contribution in [2.24, 2.45) is 0 Å². The number of phenols is 1. The Morgan fingerprint density at radius 3 is 2.08 bits per heavy atom. The van der Waals surface area contributed by atoms with Gasteiger partial charge in [0, 0.05) is 5.56 Å². The van der Waals surface area contributed by atoms with E-state index >= 15 is 0 Å². The van der Waals surface area contributed by atoms with Crippen molar-refractivity contribution in [1.82, 2.24) is 0 Å². The second kappa shape index (κ2) is 2.86. The molecule has 0 bridgehead atoms. The molecular weight excluding hydrogens is 193 g/mol. The maximum Gasteiger partial charge on any atom is 0.205 e. The maximum atomic E-state index is 12.7. The molecule has 0 aromatic heterocycles. The average molecular weight is 197 g/mol. The van der Waals surface area contributed by atoms with E-state index in [2.05, 4.69) is 0 Å². The number of hydrogen-bond acceptors (Lipinski definition) is 1. The van der Waals surface area contributed by atoms with Crippen LogP contribution in [0, 0.1) is 24.4 Å². The summed E-state index contributed by atoms with van der Waals surface area (Å²) in [5.41, 5.74) is -0.312. The predicted molar refractivity (Wildman–Crippen MR) is 37.7 cm³/mol. The lowest BCUT2D eigenvalue weighted by Crippen LogP contribution is -1.94. The fraction of sp³-hybridized carbons (Fsp3) is 0.143. The van der Waals surface area contributed by atoms with Crippen LogP contribution in [0.3, 0.4) is 0 Å². The van der Waals surface area contributed by atoms with E-state index in [1.807, 2.05) is 0 Å². The summed E-state index contributed by atoms with van der Waals surface area (Å²) >= 11 is 5.19. The molecule has 0 atom stereocenters. The molecule has 1 aromatic carbocycles. The van der Waals surface area contributed by atoms with Gasteiger partial charge in [-0.25, -0.2) is 8.78 Å². The largest absolute Gasteiger partial charge is 0.503 e. The number of rotatable bonds is 0. The zero-order valence-electron chi connectivity index (χ0n) is 5.96. The molecule has 0 spiro atoms. The van der Waals surface area contributed by atoms with Gasteiger partial charge in [0.2, 0.25) is 5.82 Å². The van der Waals surface area contributed by atoms with Crippen LogP contribution in [0.1, 0.15) is 5.56 Å². The van der Waals surface area contributed by atoms with Crippen molar-refractivity contribution in [3.8, 4) is 5.75 Å².